The van der Waals surface area contributed by atoms with E-state index >= 15 is 0 Å². The maximum atomic E-state index is 11.6. The summed E-state index contributed by atoms with van der Waals surface area (Å²) >= 11 is 3.48. The van der Waals surface area contributed by atoms with E-state index < -0.39 is 0 Å². The lowest BCUT2D eigenvalue weighted by atomic mass is 10.0. The van der Waals surface area contributed by atoms with Crippen molar-refractivity contribution in [3.63, 3.8) is 0 Å². The van der Waals surface area contributed by atoms with Crippen LogP contribution in [0, 0.1) is 0 Å². The number of Topliss-reactive ketones (excluding diaryl/α,β-unsaturated/α-hetero) is 1. The zero-order chi connectivity index (χ0) is 16.8. The molecule has 0 unspecified atom stereocenters. The smallest absolute Gasteiger partial charge is 0.163 e. The molecule has 2 rings (SSSR count). The molecular formula is C19H21BrO3. The Kier molecular flexibility index (Phi) is 6.22. The second kappa shape index (κ2) is 8.16. The maximum Gasteiger partial charge on any atom is 0.163 e. The fourth-order valence-electron chi connectivity index (χ4n) is 2.51. The molecule has 0 spiro atoms. The molecule has 4 heteroatoms. The fraction of sp³-hybridized carbons (Fsp3) is 0.316. The molecule has 2 aromatic rings. The molecule has 0 aliphatic rings. The van der Waals surface area contributed by atoms with Gasteiger partial charge >= 0.3 is 0 Å². The third-order valence-corrected chi connectivity index (χ3v) is 4.37. The van der Waals surface area contributed by atoms with Crippen molar-refractivity contribution in [3.05, 3.63) is 58.7 Å². The average Bonchev–Trinajstić information content (AvgIpc) is 2.55. The average molecular weight is 377 g/mol. The van der Waals surface area contributed by atoms with Gasteiger partial charge in [0.25, 0.3) is 0 Å². The molecule has 0 aliphatic carbocycles. The van der Waals surface area contributed by atoms with Gasteiger partial charge in [0.1, 0.15) is 18.1 Å². The first-order valence-electron chi connectivity index (χ1n) is 7.69. The number of ketones is 1. The first-order chi connectivity index (χ1) is 11.1. The number of phenols is 1. The van der Waals surface area contributed by atoms with E-state index in [4.69, 9.17) is 4.74 Å². The van der Waals surface area contributed by atoms with E-state index in [2.05, 4.69) is 22.0 Å². The van der Waals surface area contributed by atoms with Crippen LogP contribution in [0.3, 0.4) is 0 Å². The van der Waals surface area contributed by atoms with Crippen molar-refractivity contribution in [3.8, 4) is 11.5 Å². The van der Waals surface area contributed by atoms with Crippen LogP contribution >= 0.6 is 15.9 Å². The number of carbonyl (C=O) groups excluding carboxylic acids is 1. The number of carbonyl (C=O) groups is 1. The van der Waals surface area contributed by atoms with Crippen molar-refractivity contribution in [2.75, 3.05) is 0 Å². The van der Waals surface area contributed by atoms with Crippen LogP contribution in [0.2, 0.25) is 0 Å². The number of alkyl halides is 1. The number of benzene rings is 2. The first-order valence-corrected chi connectivity index (χ1v) is 8.82. The van der Waals surface area contributed by atoms with Crippen LogP contribution < -0.4 is 4.74 Å². The monoisotopic (exact) mass is 376 g/mol. The second-order valence-electron chi connectivity index (χ2n) is 5.44. The minimum absolute atomic E-state index is 0.0469. The summed E-state index contributed by atoms with van der Waals surface area (Å²) < 4.78 is 5.94. The molecule has 0 heterocycles. The highest BCUT2D eigenvalue weighted by atomic mass is 79.9. The highest BCUT2D eigenvalue weighted by Gasteiger charge is 2.16. The predicted octanol–water partition coefficient (Wildman–Crippen LogP) is 5.02. The number of aromatic hydroxyl groups is 1. The van der Waals surface area contributed by atoms with E-state index in [0.717, 1.165) is 17.3 Å². The van der Waals surface area contributed by atoms with E-state index in [1.807, 2.05) is 25.1 Å². The Labute approximate surface area is 145 Å². The van der Waals surface area contributed by atoms with Crippen molar-refractivity contribution >= 4 is 21.7 Å². The molecule has 3 nitrogen and oxygen atoms in total. The number of hydrogen-bond acceptors (Lipinski definition) is 3. The van der Waals surface area contributed by atoms with Gasteiger partial charge in [-0.1, -0.05) is 53.5 Å². The molecule has 23 heavy (non-hydrogen) atoms. The predicted molar refractivity (Wildman–Crippen MR) is 95.5 cm³/mol. The van der Waals surface area contributed by atoms with Crippen LogP contribution in [0.1, 0.15) is 47.3 Å². The van der Waals surface area contributed by atoms with Crippen molar-refractivity contribution in [2.45, 2.75) is 38.6 Å². The summed E-state index contributed by atoms with van der Waals surface area (Å²) in [5.41, 5.74) is 3.33. The number of ether oxygens (including phenoxy) is 1. The van der Waals surface area contributed by atoms with Crippen molar-refractivity contribution in [2.24, 2.45) is 0 Å². The highest BCUT2D eigenvalue weighted by molar-refractivity contribution is 9.08. The Balaban J connectivity index is 2.29. The molecule has 1 N–H and O–H groups in total. The number of halogens is 1. The second-order valence-corrected chi connectivity index (χ2v) is 6.00. The Hall–Kier alpha value is -1.81. The summed E-state index contributed by atoms with van der Waals surface area (Å²) in [6, 6.07) is 11.5. The van der Waals surface area contributed by atoms with Crippen LogP contribution in [0.15, 0.2) is 36.4 Å². The zero-order valence-corrected chi connectivity index (χ0v) is 15.0. The van der Waals surface area contributed by atoms with Gasteiger partial charge in [0.05, 0.1) is 5.56 Å². The van der Waals surface area contributed by atoms with Gasteiger partial charge in [-0.15, -0.1) is 0 Å². The Morgan fingerprint density at radius 2 is 1.87 bits per heavy atom. The van der Waals surface area contributed by atoms with E-state index in [1.165, 1.54) is 12.5 Å². The van der Waals surface area contributed by atoms with E-state index in [0.29, 0.717) is 29.9 Å². The lowest BCUT2D eigenvalue weighted by Gasteiger charge is -2.15. The quantitative estimate of drug-likeness (QED) is 0.544. The minimum Gasteiger partial charge on any atom is -0.507 e. The van der Waals surface area contributed by atoms with Crippen LogP contribution in [-0.4, -0.2) is 10.9 Å². The molecule has 0 atom stereocenters. The van der Waals surface area contributed by atoms with Gasteiger partial charge < -0.3 is 9.84 Å². The molecule has 0 saturated carbocycles. The van der Waals surface area contributed by atoms with Gasteiger partial charge in [-0.3, -0.25) is 4.79 Å². The molecule has 2 aromatic carbocycles. The van der Waals surface area contributed by atoms with Gasteiger partial charge in [0.2, 0.25) is 0 Å². The standard InChI is InChI=1S/C19H21BrO3/c1-3-6-17-18(10-9-16(13(2)21)19(17)22)23-12-15-8-5-4-7-14(15)11-20/h4-5,7-10,22H,3,6,11-12H2,1-2H3. The molecule has 122 valence electrons. The van der Waals surface area contributed by atoms with Crippen molar-refractivity contribution in [1.82, 2.24) is 0 Å². The SMILES string of the molecule is CCCc1c(OCc2ccccc2CBr)ccc(C(C)=O)c1O. The molecular weight excluding hydrogens is 356 g/mol. The molecule has 0 bridgehead atoms. The van der Waals surface area contributed by atoms with Gasteiger partial charge in [0.15, 0.2) is 5.78 Å². The Bertz CT molecular complexity index is 695. The summed E-state index contributed by atoms with van der Waals surface area (Å²) in [6.07, 6.45) is 1.53. The number of phenolic OH excluding ortho intramolecular Hbond substituents is 1. The Morgan fingerprint density at radius 3 is 2.48 bits per heavy atom. The summed E-state index contributed by atoms with van der Waals surface area (Å²) in [6.45, 7) is 3.92. The van der Waals surface area contributed by atoms with Crippen LogP contribution in [-0.2, 0) is 18.4 Å². The molecule has 0 fully saturated rings. The largest absolute Gasteiger partial charge is 0.507 e. The molecule has 0 aromatic heterocycles. The summed E-state index contributed by atoms with van der Waals surface area (Å²) in [7, 11) is 0. The summed E-state index contributed by atoms with van der Waals surface area (Å²) in [5.74, 6) is 0.542. The van der Waals surface area contributed by atoms with Crippen LogP contribution in [0.5, 0.6) is 11.5 Å². The third kappa shape index (κ3) is 4.14. The maximum absolute atomic E-state index is 11.6. The topological polar surface area (TPSA) is 46.5 Å². The van der Waals surface area contributed by atoms with E-state index in [-0.39, 0.29) is 11.5 Å². The first kappa shape index (κ1) is 17.5. The Morgan fingerprint density at radius 1 is 1.17 bits per heavy atom. The number of rotatable bonds is 7. The van der Waals surface area contributed by atoms with Crippen LogP contribution in [0.4, 0.5) is 0 Å². The molecule has 0 radical (unpaired) electrons. The third-order valence-electron chi connectivity index (χ3n) is 3.76. The lowest BCUT2D eigenvalue weighted by Crippen LogP contribution is -2.03. The minimum atomic E-state index is -0.143. The van der Waals surface area contributed by atoms with Crippen LogP contribution in [0.25, 0.3) is 0 Å². The molecule has 0 aliphatic heterocycles. The summed E-state index contributed by atoms with van der Waals surface area (Å²) in [5, 5.41) is 11.1. The molecule has 0 saturated heterocycles. The highest BCUT2D eigenvalue weighted by Crippen LogP contribution is 2.33. The van der Waals surface area contributed by atoms with Crippen molar-refractivity contribution < 1.29 is 14.6 Å². The van der Waals surface area contributed by atoms with Gasteiger partial charge in [-0.2, -0.15) is 0 Å². The van der Waals surface area contributed by atoms with Gasteiger partial charge in [-0.25, -0.2) is 0 Å². The molecule has 0 amide bonds. The fourth-order valence-corrected chi connectivity index (χ4v) is 3.06. The normalized spacial score (nSPS) is 10.6. The van der Waals surface area contributed by atoms with Crippen molar-refractivity contribution in [1.29, 1.82) is 0 Å². The van der Waals surface area contributed by atoms with Gasteiger partial charge in [-0.05, 0) is 36.6 Å². The summed E-state index contributed by atoms with van der Waals surface area (Å²) in [4.78, 5) is 11.6. The van der Waals surface area contributed by atoms with Gasteiger partial charge in [0, 0.05) is 10.9 Å². The van der Waals surface area contributed by atoms with E-state index in [9.17, 15) is 9.90 Å². The van der Waals surface area contributed by atoms with E-state index in [1.54, 1.807) is 12.1 Å². The zero-order valence-electron chi connectivity index (χ0n) is 13.4. The number of hydrogen-bond donors (Lipinski definition) is 1. The lowest BCUT2D eigenvalue weighted by molar-refractivity contribution is 0.101.